The molecule has 1 aliphatic rings. The lowest BCUT2D eigenvalue weighted by Gasteiger charge is -2.33. The summed E-state index contributed by atoms with van der Waals surface area (Å²) in [5.74, 6) is 1.91. The molecule has 20 heavy (non-hydrogen) atoms. The van der Waals surface area contributed by atoms with Gasteiger partial charge in [0.05, 0.1) is 13.1 Å². The van der Waals surface area contributed by atoms with Gasteiger partial charge in [-0.25, -0.2) is 0 Å². The summed E-state index contributed by atoms with van der Waals surface area (Å²) in [6, 6.07) is 1.95. The molecule has 0 unspecified atom stereocenters. The van der Waals surface area contributed by atoms with Crippen molar-refractivity contribution in [3.05, 3.63) is 18.5 Å². The molecule has 1 aliphatic heterocycles. The molecule has 114 valence electrons. The molecule has 0 aromatic carbocycles. The third-order valence-electron chi connectivity index (χ3n) is 3.57. The van der Waals surface area contributed by atoms with Crippen LogP contribution < -0.4 is 5.32 Å². The predicted octanol–water partition coefficient (Wildman–Crippen LogP) is 2.20. The van der Waals surface area contributed by atoms with Crippen LogP contribution >= 0.6 is 24.0 Å². The number of piperidine rings is 1. The number of nitrogens with one attached hydrogen (secondary N) is 1. The van der Waals surface area contributed by atoms with E-state index in [2.05, 4.69) is 29.2 Å². The second-order valence-corrected chi connectivity index (χ2v) is 5.17. The summed E-state index contributed by atoms with van der Waals surface area (Å²) in [6.45, 7) is 9.23. The third kappa shape index (κ3) is 5.30. The summed E-state index contributed by atoms with van der Waals surface area (Å²) in [6.07, 6.45) is 6.32. The number of aliphatic imine (C=N–C) groups is 1. The maximum atomic E-state index is 4.71. The van der Waals surface area contributed by atoms with Crippen molar-refractivity contribution in [2.45, 2.75) is 33.2 Å². The number of guanidine groups is 1. The Morgan fingerprint density at radius 1 is 1.40 bits per heavy atom. The first-order valence-electron chi connectivity index (χ1n) is 7.30. The van der Waals surface area contributed by atoms with Crippen LogP contribution in [0, 0.1) is 5.92 Å². The molecule has 2 rings (SSSR count). The molecule has 1 aromatic rings. The molecule has 2 heterocycles. The van der Waals surface area contributed by atoms with Crippen molar-refractivity contribution in [3.8, 4) is 0 Å². The van der Waals surface area contributed by atoms with E-state index < -0.39 is 0 Å². The first-order valence-corrected chi connectivity index (χ1v) is 7.30. The van der Waals surface area contributed by atoms with Crippen LogP contribution in [0.15, 0.2) is 23.5 Å². The first-order chi connectivity index (χ1) is 9.29. The quantitative estimate of drug-likeness (QED) is 0.486. The molecule has 1 aromatic heterocycles. The largest absolute Gasteiger partial charge is 0.357 e. The van der Waals surface area contributed by atoms with Crippen LogP contribution in [0.5, 0.6) is 0 Å². The molecule has 5 nitrogen and oxygen atoms in total. The van der Waals surface area contributed by atoms with Crippen LogP contribution in [0.3, 0.4) is 0 Å². The van der Waals surface area contributed by atoms with Gasteiger partial charge in [-0.2, -0.15) is 5.10 Å². The highest BCUT2D eigenvalue weighted by Crippen LogP contribution is 2.15. The van der Waals surface area contributed by atoms with E-state index in [4.69, 9.17) is 4.99 Å². The maximum Gasteiger partial charge on any atom is 0.193 e. The van der Waals surface area contributed by atoms with Crippen LogP contribution in [0.25, 0.3) is 0 Å². The van der Waals surface area contributed by atoms with Crippen molar-refractivity contribution < 1.29 is 0 Å². The van der Waals surface area contributed by atoms with E-state index in [0.717, 1.165) is 44.6 Å². The van der Waals surface area contributed by atoms with Gasteiger partial charge >= 0.3 is 0 Å². The number of rotatable bonds is 4. The van der Waals surface area contributed by atoms with E-state index in [1.165, 1.54) is 12.8 Å². The van der Waals surface area contributed by atoms with Crippen molar-refractivity contribution >= 4 is 29.9 Å². The van der Waals surface area contributed by atoms with Crippen molar-refractivity contribution in [2.75, 3.05) is 26.2 Å². The lowest BCUT2D eigenvalue weighted by atomic mass is 10.00. The molecule has 0 atom stereocenters. The van der Waals surface area contributed by atoms with Gasteiger partial charge in [0.2, 0.25) is 0 Å². The number of nitrogens with zero attached hydrogens (tertiary/aromatic N) is 4. The summed E-state index contributed by atoms with van der Waals surface area (Å²) >= 11 is 0. The van der Waals surface area contributed by atoms with Gasteiger partial charge in [-0.05, 0) is 31.7 Å². The van der Waals surface area contributed by atoms with E-state index >= 15 is 0 Å². The zero-order chi connectivity index (χ0) is 13.5. The Balaban J connectivity index is 0.00000200. The number of hydrogen-bond acceptors (Lipinski definition) is 2. The van der Waals surface area contributed by atoms with E-state index in [0.29, 0.717) is 0 Å². The Morgan fingerprint density at radius 3 is 2.75 bits per heavy atom. The lowest BCUT2D eigenvalue weighted by Crippen LogP contribution is -2.45. The van der Waals surface area contributed by atoms with E-state index in [9.17, 15) is 0 Å². The second kappa shape index (κ2) is 9.20. The summed E-state index contributed by atoms with van der Waals surface area (Å²) in [4.78, 5) is 7.09. The molecule has 1 N–H and O–H groups in total. The average Bonchev–Trinajstić information content (AvgIpc) is 2.92. The Labute approximate surface area is 138 Å². The van der Waals surface area contributed by atoms with Crippen molar-refractivity contribution in [1.82, 2.24) is 20.0 Å². The summed E-state index contributed by atoms with van der Waals surface area (Å²) in [7, 11) is 0. The first kappa shape index (κ1) is 17.3. The highest BCUT2D eigenvalue weighted by atomic mass is 127. The number of aromatic nitrogens is 2. The van der Waals surface area contributed by atoms with Crippen LogP contribution in [-0.2, 0) is 6.54 Å². The van der Waals surface area contributed by atoms with Gasteiger partial charge in [0.1, 0.15) is 0 Å². The lowest BCUT2D eigenvalue weighted by molar-refractivity contribution is 0.273. The average molecular weight is 391 g/mol. The van der Waals surface area contributed by atoms with Crippen molar-refractivity contribution in [3.63, 3.8) is 0 Å². The van der Waals surface area contributed by atoms with E-state index in [1.807, 2.05) is 16.9 Å². The standard InChI is InChI=1S/C14H25N5.HI/c1-3-15-14(18-10-5-13(2)6-11-18)16-8-12-19-9-4-7-17-19;/h4,7,9,13H,3,5-6,8,10-12H2,1-2H3,(H,15,16);1H. The SMILES string of the molecule is CCNC(=NCCn1cccn1)N1CCC(C)CC1.I. The summed E-state index contributed by atoms with van der Waals surface area (Å²) in [5, 5.41) is 7.59. The topological polar surface area (TPSA) is 45.5 Å². The molecular weight excluding hydrogens is 365 g/mol. The monoisotopic (exact) mass is 391 g/mol. The van der Waals surface area contributed by atoms with Gasteiger partial charge in [-0.3, -0.25) is 9.67 Å². The fraction of sp³-hybridized carbons (Fsp3) is 0.714. The predicted molar refractivity (Wildman–Crippen MR) is 93.6 cm³/mol. The fourth-order valence-corrected chi connectivity index (χ4v) is 2.34. The Morgan fingerprint density at radius 2 is 2.15 bits per heavy atom. The second-order valence-electron chi connectivity index (χ2n) is 5.17. The maximum absolute atomic E-state index is 4.71. The third-order valence-corrected chi connectivity index (χ3v) is 3.57. The minimum Gasteiger partial charge on any atom is -0.357 e. The van der Waals surface area contributed by atoms with Gasteiger partial charge in [0, 0.05) is 32.0 Å². The van der Waals surface area contributed by atoms with Crippen LogP contribution in [-0.4, -0.2) is 46.8 Å². The molecule has 0 saturated carbocycles. The van der Waals surface area contributed by atoms with Gasteiger partial charge < -0.3 is 10.2 Å². The number of hydrogen-bond donors (Lipinski definition) is 1. The molecule has 0 aliphatic carbocycles. The summed E-state index contributed by atoms with van der Waals surface area (Å²) in [5.41, 5.74) is 0. The molecule has 1 fully saturated rings. The molecule has 0 amide bonds. The van der Waals surface area contributed by atoms with Gasteiger partial charge in [0.25, 0.3) is 0 Å². The van der Waals surface area contributed by atoms with Crippen molar-refractivity contribution in [2.24, 2.45) is 10.9 Å². The molecule has 0 bridgehead atoms. The smallest absolute Gasteiger partial charge is 0.193 e. The molecule has 0 radical (unpaired) electrons. The fourth-order valence-electron chi connectivity index (χ4n) is 2.34. The Kier molecular flexibility index (Phi) is 7.94. The van der Waals surface area contributed by atoms with E-state index in [-0.39, 0.29) is 24.0 Å². The molecule has 1 saturated heterocycles. The molecule has 0 spiro atoms. The van der Waals surface area contributed by atoms with Crippen molar-refractivity contribution in [1.29, 1.82) is 0 Å². The van der Waals surface area contributed by atoms with Crippen LogP contribution in [0.1, 0.15) is 26.7 Å². The highest BCUT2D eigenvalue weighted by molar-refractivity contribution is 14.0. The van der Waals surface area contributed by atoms with E-state index in [1.54, 1.807) is 6.20 Å². The summed E-state index contributed by atoms with van der Waals surface area (Å²) < 4.78 is 1.92. The highest BCUT2D eigenvalue weighted by Gasteiger charge is 2.18. The van der Waals surface area contributed by atoms with Gasteiger partial charge in [-0.1, -0.05) is 6.92 Å². The number of halogens is 1. The zero-order valence-corrected chi connectivity index (χ0v) is 14.8. The normalized spacial score (nSPS) is 16.9. The minimum absolute atomic E-state index is 0. The van der Waals surface area contributed by atoms with Gasteiger partial charge in [-0.15, -0.1) is 24.0 Å². The minimum atomic E-state index is 0. The molecule has 6 heteroatoms. The molecular formula is C14H26IN5. The number of likely N-dealkylation sites (tertiary alicyclic amines) is 1. The Bertz CT molecular complexity index is 382. The zero-order valence-electron chi connectivity index (χ0n) is 12.5. The van der Waals surface area contributed by atoms with Gasteiger partial charge in [0.15, 0.2) is 5.96 Å². The Hall–Kier alpha value is -0.790. The van der Waals surface area contributed by atoms with Crippen LogP contribution in [0.4, 0.5) is 0 Å². The van der Waals surface area contributed by atoms with Crippen LogP contribution in [0.2, 0.25) is 0 Å².